The predicted molar refractivity (Wildman–Crippen MR) is 129 cm³/mol. The number of rotatable bonds is 7. The smallest absolute Gasteiger partial charge is 0.233 e. The minimum absolute atomic E-state index is 0.0379. The van der Waals surface area contributed by atoms with E-state index in [2.05, 4.69) is 62.2 Å². The Morgan fingerprint density at radius 3 is 2.48 bits per heavy atom. The van der Waals surface area contributed by atoms with Gasteiger partial charge in [-0.2, -0.15) is 0 Å². The van der Waals surface area contributed by atoms with E-state index >= 15 is 0 Å². The Bertz CT molecular complexity index is 1170. The minimum Gasteiger partial charge on any atom is -0.283 e. The number of aromatic nitrogens is 2. The van der Waals surface area contributed by atoms with Gasteiger partial charge in [-0.1, -0.05) is 68.5 Å². The van der Waals surface area contributed by atoms with E-state index in [1.807, 2.05) is 18.2 Å². The van der Waals surface area contributed by atoms with Gasteiger partial charge in [0.2, 0.25) is 5.91 Å². The quantitative estimate of drug-likeness (QED) is 0.354. The second-order valence-corrected chi connectivity index (χ2v) is 9.08. The third-order valence-electron chi connectivity index (χ3n) is 5.45. The zero-order valence-electron chi connectivity index (χ0n) is 18.2. The third-order valence-corrected chi connectivity index (χ3v) is 6.49. The molecule has 0 fully saturated rings. The van der Waals surface area contributed by atoms with Crippen LogP contribution in [0.25, 0.3) is 10.2 Å². The fourth-order valence-electron chi connectivity index (χ4n) is 3.52. The number of hydrogen-bond acceptors (Lipinski definition) is 4. The van der Waals surface area contributed by atoms with Crippen molar-refractivity contribution in [1.29, 1.82) is 0 Å². The molecule has 0 aliphatic heterocycles. The summed E-state index contributed by atoms with van der Waals surface area (Å²) in [5, 5.41) is 0.732. The SMILES string of the molecule is CCc1ccc2nc(N(Cc3cccnc3)C(=O)Cc3ccc(C(C)C)cc3)sc2c1. The summed E-state index contributed by atoms with van der Waals surface area (Å²) in [5.74, 6) is 0.513. The molecular formula is C26H27N3OS. The monoisotopic (exact) mass is 429 g/mol. The summed E-state index contributed by atoms with van der Waals surface area (Å²) >= 11 is 1.57. The highest BCUT2D eigenvalue weighted by molar-refractivity contribution is 7.22. The largest absolute Gasteiger partial charge is 0.283 e. The second kappa shape index (κ2) is 9.40. The molecule has 2 aromatic carbocycles. The standard InChI is InChI=1S/C26H27N3OS/c1-4-19-9-12-23-24(14-19)31-26(28-23)29(17-21-6-5-13-27-16-21)25(30)15-20-7-10-22(11-8-20)18(2)3/h5-14,16,18H,4,15,17H2,1-3H3. The maximum atomic E-state index is 13.4. The van der Waals surface area contributed by atoms with Gasteiger partial charge in [0.1, 0.15) is 0 Å². The van der Waals surface area contributed by atoms with E-state index in [9.17, 15) is 4.79 Å². The van der Waals surface area contributed by atoms with Crippen molar-refractivity contribution in [2.45, 2.75) is 46.1 Å². The Labute approximate surface area is 187 Å². The summed E-state index contributed by atoms with van der Waals surface area (Å²) in [6.45, 7) is 6.95. The van der Waals surface area contributed by atoms with Gasteiger partial charge >= 0.3 is 0 Å². The van der Waals surface area contributed by atoms with Crippen molar-refractivity contribution < 1.29 is 4.79 Å². The molecular weight excluding hydrogens is 402 g/mol. The highest BCUT2D eigenvalue weighted by Crippen LogP contribution is 2.31. The summed E-state index contributed by atoms with van der Waals surface area (Å²) in [4.78, 5) is 24.2. The molecule has 0 aliphatic carbocycles. The summed E-state index contributed by atoms with van der Waals surface area (Å²) in [5.41, 5.74) is 5.49. The summed E-state index contributed by atoms with van der Waals surface area (Å²) < 4.78 is 1.11. The van der Waals surface area contributed by atoms with Crippen molar-refractivity contribution in [2.75, 3.05) is 4.90 Å². The first-order valence-electron chi connectivity index (χ1n) is 10.7. The summed E-state index contributed by atoms with van der Waals surface area (Å²) in [6.07, 6.45) is 4.87. The minimum atomic E-state index is 0.0379. The first-order valence-corrected chi connectivity index (χ1v) is 11.5. The number of carbonyl (C=O) groups excluding carboxylic acids is 1. The van der Waals surface area contributed by atoms with Crippen molar-refractivity contribution >= 4 is 32.6 Å². The lowest BCUT2D eigenvalue weighted by Gasteiger charge is -2.20. The lowest BCUT2D eigenvalue weighted by atomic mass is 10.0. The highest BCUT2D eigenvalue weighted by atomic mass is 32.1. The zero-order valence-corrected chi connectivity index (χ0v) is 19.0. The molecule has 1 amide bonds. The van der Waals surface area contributed by atoms with Crippen molar-refractivity contribution in [3.8, 4) is 0 Å². The lowest BCUT2D eigenvalue weighted by Crippen LogP contribution is -2.31. The van der Waals surface area contributed by atoms with Crippen LogP contribution in [0, 0.1) is 0 Å². The molecule has 0 aliphatic rings. The van der Waals surface area contributed by atoms with Crippen LogP contribution in [0.15, 0.2) is 67.0 Å². The number of amides is 1. The van der Waals surface area contributed by atoms with E-state index in [0.29, 0.717) is 18.9 Å². The van der Waals surface area contributed by atoms with Crippen molar-refractivity contribution in [2.24, 2.45) is 0 Å². The highest BCUT2D eigenvalue weighted by Gasteiger charge is 2.21. The number of fused-ring (bicyclic) bond motifs is 1. The van der Waals surface area contributed by atoms with Crippen molar-refractivity contribution in [3.05, 3.63) is 89.2 Å². The topological polar surface area (TPSA) is 46.1 Å². The average Bonchev–Trinajstić information content (AvgIpc) is 3.21. The molecule has 0 saturated heterocycles. The van der Waals surface area contributed by atoms with Gasteiger partial charge in [-0.3, -0.25) is 14.7 Å². The Kier molecular flexibility index (Phi) is 6.42. The van der Waals surface area contributed by atoms with E-state index in [0.717, 1.165) is 32.9 Å². The van der Waals surface area contributed by atoms with Crippen LogP contribution in [0.1, 0.15) is 48.9 Å². The first kappa shape index (κ1) is 21.2. The van der Waals surface area contributed by atoms with Gasteiger partial charge in [-0.15, -0.1) is 0 Å². The number of thiazole rings is 1. The molecule has 4 aromatic rings. The van der Waals surface area contributed by atoms with Gasteiger partial charge in [0.05, 0.1) is 23.2 Å². The van der Waals surface area contributed by atoms with Crippen LogP contribution in [0.5, 0.6) is 0 Å². The molecule has 4 rings (SSSR count). The first-order chi connectivity index (χ1) is 15.0. The number of anilines is 1. The molecule has 0 bridgehead atoms. The van der Waals surface area contributed by atoms with Crippen LogP contribution >= 0.6 is 11.3 Å². The Hall–Kier alpha value is -3.05. The van der Waals surface area contributed by atoms with E-state index < -0.39 is 0 Å². The lowest BCUT2D eigenvalue weighted by molar-refractivity contribution is -0.118. The normalized spacial score (nSPS) is 11.2. The number of hydrogen-bond donors (Lipinski definition) is 0. The van der Waals surface area contributed by atoms with E-state index in [4.69, 9.17) is 4.98 Å². The fourth-order valence-corrected chi connectivity index (χ4v) is 4.57. The molecule has 0 radical (unpaired) electrons. The number of benzene rings is 2. The zero-order chi connectivity index (χ0) is 21.8. The molecule has 2 aromatic heterocycles. The predicted octanol–water partition coefficient (Wildman–Crippen LogP) is 6.15. The van der Waals surface area contributed by atoms with E-state index in [-0.39, 0.29) is 5.91 Å². The summed E-state index contributed by atoms with van der Waals surface area (Å²) in [6, 6.07) is 18.6. The Balaban J connectivity index is 1.64. The van der Waals surface area contributed by atoms with Gasteiger partial charge < -0.3 is 0 Å². The van der Waals surface area contributed by atoms with Gasteiger partial charge in [0.25, 0.3) is 0 Å². The van der Waals surface area contributed by atoms with Gasteiger partial charge in [0.15, 0.2) is 5.13 Å². The maximum Gasteiger partial charge on any atom is 0.233 e. The van der Waals surface area contributed by atoms with Gasteiger partial charge in [-0.25, -0.2) is 4.98 Å². The fraction of sp³-hybridized carbons (Fsp3) is 0.269. The second-order valence-electron chi connectivity index (χ2n) is 8.07. The molecule has 0 spiro atoms. The number of nitrogens with zero attached hydrogens (tertiary/aromatic N) is 3. The van der Waals surface area contributed by atoms with Crippen LogP contribution in [0.3, 0.4) is 0 Å². The molecule has 0 atom stereocenters. The van der Waals surface area contributed by atoms with E-state index in [1.165, 1.54) is 11.1 Å². The van der Waals surface area contributed by atoms with Crippen LogP contribution in [-0.2, 0) is 24.2 Å². The molecule has 5 heteroatoms. The number of carbonyl (C=O) groups is 1. The Morgan fingerprint density at radius 1 is 1.03 bits per heavy atom. The molecule has 0 N–H and O–H groups in total. The van der Waals surface area contributed by atoms with E-state index in [1.54, 1.807) is 28.6 Å². The number of pyridine rings is 1. The summed E-state index contributed by atoms with van der Waals surface area (Å²) in [7, 11) is 0. The molecule has 0 unspecified atom stereocenters. The van der Waals surface area contributed by atoms with Crippen LogP contribution in [0.4, 0.5) is 5.13 Å². The number of aryl methyl sites for hydroxylation is 1. The van der Waals surface area contributed by atoms with Gasteiger partial charge in [-0.05, 0) is 52.8 Å². The Morgan fingerprint density at radius 2 is 1.81 bits per heavy atom. The third kappa shape index (κ3) is 5.00. The molecule has 2 heterocycles. The van der Waals surface area contributed by atoms with Gasteiger partial charge in [0, 0.05) is 12.4 Å². The molecule has 0 saturated carbocycles. The van der Waals surface area contributed by atoms with Crippen LogP contribution in [0.2, 0.25) is 0 Å². The van der Waals surface area contributed by atoms with Crippen LogP contribution < -0.4 is 4.90 Å². The molecule has 158 valence electrons. The average molecular weight is 430 g/mol. The van der Waals surface area contributed by atoms with Crippen molar-refractivity contribution in [1.82, 2.24) is 9.97 Å². The van der Waals surface area contributed by atoms with Crippen LogP contribution in [-0.4, -0.2) is 15.9 Å². The van der Waals surface area contributed by atoms with Crippen molar-refractivity contribution in [3.63, 3.8) is 0 Å². The molecule has 4 nitrogen and oxygen atoms in total. The maximum absolute atomic E-state index is 13.4. The molecule has 31 heavy (non-hydrogen) atoms.